The lowest BCUT2D eigenvalue weighted by molar-refractivity contribution is -0.137. The van der Waals surface area contributed by atoms with Crippen molar-refractivity contribution in [2.45, 2.75) is 16.0 Å². The SMILES string of the molecule is Nc1cc(S(=O)(=O)c2ccc(C(F)(F)F)cc2F)cnc1C(=O)NCCO. The maximum Gasteiger partial charge on any atom is 0.416 e. The monoisotopic (exact) mass is 407 g/mol. The molecule has 146 valence electrons. The molecule has 27 heavy (non-hydrogen) atoms. The molecule has 1 amide bonds. The van der Waals surface area contributed by atoms with Gasteiger partial charge in [0.05, 0.1) is 22.8 Å². The van der Waals surface area contributed by atoms with Crippen LogP contribution in [0.15, 0.2) is 40.3 Å². The van der Waals surface area contributed by atoms with Crippen LogP contribution in [0.5, 0.6) is 0 Å². The number of aliphatic hydroxyl groups excluding tert-OH is 1. The number of aromatic nitrogens is 1. The number of hydrogen-bond acceptors (Lipinski definition) is 6. The van der Waals surface area contributed by atoms with E-state index < -0.39 is 43.1 Å². The van der Waals surface area contributed by atoms with Gasteiger partial charge in [-0.05, 0) is 24.3 Å². The average Bonchev–Trinajstić information content (AvgIpc) is 2.58. The van der Waals surface area contributed by atoms with E-state index >= 15 is 0 Å². The third kappa shape index (κ3) is 4.34. The highest BCUT2D eigenvalue weighted by Crippen LogP contribution is 2.32. The summed E-state index contributed by atoms with van der Waals surface area (Å²) in [5.74, 6) is -2.36. The third-order valence-electron chi connectivity index (χ3n) is 3.36. The smallest absolute Gasteiger partial charge is 0.397 e. The number of nitrogen functional groups attached to an aromatic ring is 1. The molecular weight excluding hydrogens is 394 g/mol. The van der Waals surface area contributed by atoms with E-state index in [1.165, 1.54) is 0 Å². The molecular formula is C15H13F4N3O4S. The van der Waals surface area contributed by atoms with Gasteiger partial charge in [0.2, 0.25) is 9.84 Å². The van der Waals surface area contributed by atoms with Crippen molar-refractivity contribution >= 4 is 21.4 Å². The largest absolute Gasteiger partial charge is 0.416 e. The zero-order chi connectivity index (χ0) is 20.4. The Bertz CT molecular complexity index is 978. The molecule has 0 aliphatic heterocycles. The number of carbonyl (C=O) groups is 1. The first-order valence-corrected chi connectivity index (χ1v) is 8.73. The van der Waals surface area contributed by atoms with E-state index in [-0.39, 0.29) is 30.6 Å². The Morgan fingerprint density at radius 1 is 1.26 bits per heavy atom. The second kappa shape index (κ2) is 7.48. The molecule has 1 heterocycles. The Morgan fingerprint density at radius 3 is 2.44 bits per heavy atom. The molecule has 0 radical (unpaired) electrons. The lowest BCUT2D eigenvalue weighted by atomic mass is 10.2. The average molecular weight is 407 g/mol. The van der Waals surface area contributed by atoms with Crippen LogP contribution in [0, 0.1) is 5.82 Å². The molecule has 1 aromatic carbocycles. The van der Waals surface area contributed by atoms with E-state index in [0.29, 0.717) is 12.1 Å². The zero-order valence-corrected chi connectivity index (χ0v) is 14.2. The molecule has 2 aromatic rings. The van der Waals surface area contributed by atoms with Crippen molar-refractivity contribution in [3.63, 3.8) is 0 Å². The third-order valence-corrected chi connectivity index (χ3v) is 5.12. The number of sulfone groups is 1. The molecule has 0 saturated heterocycles. The molecule has 0 spiro atoms. The summed E-state index contributed by atoms with van der Waals surface area (Å²) in [4.78, 5) is 13.8. The molecule has 0 aliphatic carbocycles. The highest BCUT2D eigenvalue weighted by molar-refractivity contribution is 7.91. The van der Waals surface area contributed by atoms with Crippen LogP contribution < -0.4 is 11.1 Å². The fourth-order valence-electron chi connectivity index (χ4n) is 2.07. The second-order valence-electron chi connectivity index (χ2n) is 5.23. The molecule has 0 aliphatic rings. The number of anilines is 1. The fourth-order valence-corrected chi connectivity index (χ4v) is 3.36. The molecule has 12 heteroatoms. The number of halogens is 4. The van der Waals surface area contributed by atoms with Crippen molar-refractivity contribution in [2.75, 3.05) is 18.9 Å². The van der Waals surface area contributed by atoms with E-state index in [2.05, 4.69) is 10.3 Å². The summed E-state index contributed by atoms with van der Waals surface area (Å²) in [5, 5.41) is 10.9. The van der Waals surface area contributed by atoms with Gasteiger partial charge in [-0.3, -0.25) is 4.79 Å². The van der Waals surface area contributed by atoms with Gasteiger partial charge in [-0.25, -0.2) is 17.8 Å². The molecule has 0 bridgehead atoms. The van der Waals surface area contributed by atoms with Gasteiger partial charge >= 0.3 is 6.18 Å². The van der Waals surface area contributed by atoms with Crippen LogP contribution >= 0.6 is 0 Å². The van der Waals surface area contributed by atoms with Crippen LogP contribution in [0.2, 0.25) is 0 Å². The Balaban J connectivity index is 2.43. The van der Waals surface area contributed by atoms with Crippen LogP contribution in [0.3, 0.4) is 0 Å². The number of nitrogens with two attached hydrogens (primary N) is 1. The summed E-state index contributed by atoms with van der Waals surface area (Å²) in [6.07, 6.45) is -4.10. The molecule has 4 N–H and O–H groups in total. The van der Waals surface area contributed by atoms with Gasteiger partial charge in [-0.1, -0.05) is 0 Å². The Morgan fingerprint density at radius 2 is 1.93 bits per heavy atom. The quantitative estimate of drug-likeness (QED) is 0.644. The topological polar surface area (TPSA) is 122 Å². The van der Waals surface area contributed by atoms with E-state index in [1.807, 2.05) is 0 Å². The summed E-state index contributed by atoms with van der Waals surface area (Å²) in [6, 6.07) is 1.84. The molecule has 2 rings (SSSR count). The summed E-state index contributed by atoms with van der Waals surface area (Å²) >= 11 is 0. The van der Waals surface area contributed by atoms with Crippen molar-refractivity contribution in [1.82, 2.24) is 10.3 Å². The van der Waals surface area contributed by atoms with Crippen LogP contribution in [0.4, 0.5) is 23.2 Å². The zero-order valence-electron chi connectivity index (χ0n) is 13.4. The number of pyridine rings is 1. The number of alkyl halides is 3. The van der Waals surface area contributed by atoms with Gasteiger partial charge < -0.3 is 16.2 Å². The predicted octanol–water partition coefficient (Wildman–Crippen LogP) is 1.38. The first-order valence-electron chi connectivity index (χ1n) is 7.25. The molecule has 0 fully saturated rings. The van der Waals surface area contributed by atoms with Gasteiger partial charge in [0.15, 0.2) is 5.69 Å². The lowest BCUT2D eigenvalue weighted by Gasteiger charge is -2.11. The van der Waals surface area contributed by atoms with E-state index in [4.69, 9.17) is 10.8 Å². The number of benzene rings is 1. The number of carbonyl (C=O) groups excluding carboxylic acids is 1. The van der Waals surface area contributed by atoms with Crippen molar-refractivity contribution < 1.29 is 35.9 Å². The number of nitrogens with zero attached hydrogens (tertiary/aromatic N) is 1. The van der Waals surface area contributed by atoms with Crippen LogP contribution in [0.25, 0.3) is 0 Å². The fraction of sp³-hybridized carbons (Fsp3) is 0.200. The number of nitrogens with one attached hydrogen (secondary N) is 1. The minimum atomic E-state index is -4.83. The van der Waals surface area contributed by atoms with E-state index in [0.717, 1.165) is 12.3 Å². The van der Waals surface area contributed by atoms with E-state index in [9.17, 15) is 30.8 Å². The van der Waals surface area contributed by atoms with Gasteiger partial charge in [0, 0.05) is 12.7 Å². The van der Waals surface area contributed by atoms with Gasteiger partial charge in [-0.15, -0.1) is 0 Å². The highest BCUT2D eigenvalue weighted by atomic mass is 32.2. The van der Waals surface area contributed by atoms with E-state index in [1.54, 1.807) is 0 Å². The number of rotatable bonds is 5. The van der Waals surface area contributed by atoms with Crippen LogP contribution in [-0.4, -0.2) is 37.6 Å². The number of aliphatic hydroxyl groups is 1. The molecule has 7 nitrogen and oxygen atoms in total. The van der Waals surface area contributed by atoms with Gasteiger partial charge in [0.1, 0.15) is 10.7 Å². The van der Waals surface area contributed by atoms with Crippen molar-refractivity contribution in [2.24, 2.45) is 0 Å². The summed E-state index contributed by atoms with van der Waals surface area (Å²) in [7, 11) is -4.57. The van der Waals surface area contributed by atoms with Crippen molar-refractivity contribution in [3.8, 4) is 0 Å². The molecule has 1 aromatic heterocycles. The number of hydrogen-bond donors (Lipinski definition) is 3. The van der Waals surface area contributed by atoms with Crippen LogP contribution in [0.1, 0.15) is 16.1 Å². The summed E-state index contributed by atoms with van der Waals surface area (Å²) in [6.45, 7) is -0.428. The number of amides is 1. The lowest BCUT2D eigenvalue weighted by Crippen LogP contribution is -2.28. The summed E-state index contributed by atoms with van der Waals surface area (Å²) in [5.41, 5.74) is 3.58. The first kappa shape index (κ1) is 20.6. The highest BCUT2D eigenvalue weighted by Gasteiger charge is 2.33. The molecule has 0 atom stereocenters. The Kier molecular flexibility index (Phi) is 5.70. The van der Waals surface area contributed by atoms with Crippen LogP contribution in [-0.2, 0) is 16.0 Å². The normalized spacial score (nSPS) is 12.0. The first-order chi connectivity index (χ1) is 12.5. The molecule has 0 saturated carbocycles. The van der Waals surface area contributed by atoms with Gasteiger partial charge in [0.25, 0.3) is 5.91 Å². The minimum Gasteiger partial charge on any atom is -0.397 e. The van der Waals surface area contributed by atoms with Gasteiger partial charge in [-0.2, -0.15) is 13.2 Å². The second-order valence-corrected chi connectivity index (χ2v) is 7.15. The standard InChI is InChI=1S/C15H13F4N3O4S/c16-10-5-8(15(17,18)19)1-2-12(10)27(25,26)9-6-11(20)13(22-7-9)14(24)21-3-4-23/h1-2,5-7,23H,3-4,20H2,(H,21,24). The summed E-state index contributed by atoms with van der Waals surface area (Å²) < 4.78 is 76.7. The Labute approximate surface area is 150 Å². The van der Waals surface area contributed by atoms with Crippen molar-refractivity contribution in [3.05, 3.63) is 47.5 Å². The maximum absolute atomic E-state index is 14.0. The minimum absolute atomic E-state index is 0.0698. The Hall–Kier alpha value is -2.73. The van der Waals surface area contributed by atoms with Crippen molar-refractivity contribution in [1.29, 1.82) is 0 Å². The maximum atomic E-state index is 14.0. The predicted molar refractivity (Wildman–Crippen MR) is 84.9 cm³/mol. The molecule has 0 unspecified atom stereocenters.